The highest BCUT2D eigenvalue weighted by molar-refractivity contribution is 7.18. The van der Waals surface area contributed by atoms with Gasteiger partial charge < -0.3 is 4.74 Å². The quantitative estimate of drug-likeness (QED) is 0.513. The van der Waals surface area contributed by atoms with Gasteiger partial charge >= 0.3 is 0 Å². The van der Waals surface area contributed by atoms with Gasteiger partial charge in [0.15, 0.2) is 11.8 Å². The number of nitriles is 1. The second-order valence-electron chi connectivity index (χ2n) is 5.44. The van der Waals surface area contributed by atoms with Crippen molar-refractivity contribution in [1.82, 2.24) is 4.98 Å². The molecule has 5 nitrogen and oxygen atoms in total. The van der Waals surface area contributed by atoms with Gasteiger partial charge in [0.1, 0.15) is 5.01 Å². The molecule has 0 aliphatic heterocycles. The molecule has 0 radical (unpaired) electrons. The zero-order valence-corrected chi connectivity index (χ0v) is 14.3. The maximum absolute atomic E-state index is 8.51. The minimum atomic E-state index is -0.0565. The molecule has 0 spiro atoms. The van der Waals surface area contributed by atoms with Crippen LogP contribution in [0, 0.1) is 22.1 Å². The number of ether oxygens (including phenoxy) is 1. The Morgan fingerprint density at radius 2 is 1.88 bits per heavy atom. The van der Waals surface area contributed by atoms with Crippen LogP contribution in [0.3, 0.4) is 0 Å². The molecule has 0 saturated carbocycles. The van der Waals surface area contributed by atoms with E-state index in [4.69, 9.17) is 20.8 Å². The first-order chi connectivity index (χ1) is 12.2. The Labute approximate surface area is 149 Å². The number of hydrogen-bond acceptors (Lipinski definition) is 6. The predicted molar refractivity (Wildman–Crippen MR) is 100 cm³/mol. The van der Waals surface area contributed by atoms with Crippen molar-refractivity contribution in [2.75, 3.05) is 0 Å². The Bertz CT molecular complexity index is 956. The van der Waals surface area contributed by atoms with Gasteiger partial charge in [-0.1, -0.05) is 36.4 Å². The van der Waals surface area contributed by atoms with Crippen LogP contribution in [0.15, 0.2) is 48.5 Å². The SMILES string of the molecule is N#CCCC(=N)OC(=N)Cc1nc2ccc(-c3ccccc3)cc2s1. The number of benzene rings is 2. The van der Waals surface area contributed by atoms with Crippen LogP contribution in [0.5, 0.6) is 0 Å². The molecule has 6 heteroatoms. The second-order valence-corrected chi connectivity index (χ2v) is 6.55. The van der Waals surface area contributed by atoms with E-state index in [0.29, 0.717) is 0 Å². The van der Waals surface area contributed by atoms with E-state index in [2.05, 4.69) is 23.2 Å². The van der Waals surface area contributed by atoms with Crippen molar-refractivity contribution in [2.24, 2.45) is 0 Å². The first-order valence-corrected chi connectivity index (χ1v) is 8.62. The average molecular weight is 348 g/mol. The average Bonchev–Trinajstić information content (AvgIpc) is 3.01. The number of nitrogens with zero attached hydrogens (tertiary/aromatic N) is 2. The van der Waals surface area contributed by atoms with Gasteiger partial charge in [0, 0.05) is 12.8 Å². The summed E-state index contributed by atoms with van der Waals surface area (Å²) in [5, 5.41) is 24.7. The first-order valence-electron chi connectivity index (χ1n) is 7.80. The molecule has 0 aliphatic carbocycles. The maximum Gasteiger partial charge on any atom is 0.195 e. The number of fused-ring (bicyclic) bond motifs is 1. The standard InChI is InChI=1S/C19H16N4OS/c20-10-4-7-17(21)24-18(22)12-19-23-15-9-8-14(11-16(15)25-19)13-5-2-1-3-6-13/h1-3,5-6,8-9,11,21-22H,4,7,12H2. The minimum absolute atomic E-state index is 0.0229. The van der Waals surface area contributed by atoms with E-state index in [-0.39, 0.29) is 31.1 Å². The van der Waals surface area contributed by atoms with Gasteiger partial charge in [-0.25, -0.2) is 4.98 Å². The van der Waals surface area contributed by atoms with Crippen molar-refractivity contribution < 1.29 is 4.74 Å². The van der Waals surface area contributed by atoms with Crippen LogP contribution in [0.2, 0.25) is 0 Å². The molecule has 2 N–H and O–H groups in total. The van der Waals surface area contributed by atoms with Crippen LogP contribution in [-0.2, 0) is 11.2 Å². The monoisotopic (exact) mass is 348 g/mol. The molecular weight excluding hydrogens is 332 g/mol. The van der Waals surface area contributed by atoms with Crippen LogP contribution >= 0.6 is 11.3 Å². The van der Waals surface area contributed by atoms with Crippen LogP contribution in [-0.4, -0.2) is 16.8 Å². The first kappa shape index (κ1) is 16.8. The molecule has 1 aromatic heterocycles. The summed E-state index contributed by atoms with van der Waals surface area (Å²) in [7, 11) is 0. The lowest BCUT2D eigenvalue weighted by atomic mass is 10.1. The van der Waals surface area contributed by atoms with E-state index in [0.717, 1.165) is 26.4 Å². The van der Waals surface area contributed by atoms with E-state index in [9.17, 15) is 0 Å². The third-order valence-corrected chi connectivity index (χ3v) is 4.58. The Hall–Kier alpha value is -3.04. The molecule has 0 atom stereocenters. The van der Waals surface area contributed by atoms with Crippen molar-refractivity contribution in [3.05, 3.63) is 53.5 Å². The van der Waals surface area contributed by atoms with Gasteiger partial charge in [-0.05, 0) is 23.3 Å². The van der Waals surface area contributed by atoms with E-state index < -0.39 is 0 Å². The summed E-state index contributed by atoms with van der Waals surface area (Å²) in [5.41, 5.74) is 3.18. The van der Waals surface area contributed by atoms with Gasteiger partial charge in [0.05, 0.1) is 22.7 Å². The van der Waals surface area contributed by atoms with E-state index in [1.54, 1.807) is 0 Å². The number of hydrogen-bond donors (Lipinski definition) is 2. The highest BCUT2D eigenvalue weighted by Gasteiger charge is 2.10. The molecule has 1 heterocycles. The molecule has 2 aromatic carbocycles. The van der Waals surface area contributed by atoms with E-state index in [1.807, 2.05) is 36.4 Å². The Morgan fingerprint density at radius 3 is 2.64 bits per heavy atom. The molecule has 124 valence electrons. The summed E-state index contributed by atoms with van der Waals surface area (Å²) < 4.78 is 6.19. The Kier molecular flexibility index (Phi) is 5.17. The third kappa shape index (κ3) is 4.28. The smallest absolute Gasteiger partial charge is 0.195 e. The largest absolute Gasteiger partial charge is 0.429 e. The van der Waals surface area contributed by atoms with Crippen molar-refractivity contribution in [3.8, 4) is 17.2 Å². The molecule has 25 heavy (non-hydrogen) atoms. The Morgan fingerprint density at radius 1 is 1.08 bits per heavy atom. The zero-order valence-electron chi connectivity index (χ0n) is 13.5. The highest BCUT2D eigenvalue weighted by Crippen LogP contribution is 2.28. The zero-order chi connectivity index (χ0) is 17.6. The van der Waals surface area contributed by atoms with Crippen molar-refractivity contribution in [2.45, 2.75) is 19.3 Å². The molecule has 0 unspecified atom stereocenters. The fraction of sp³-hybridized carbons (Fsp3) is 0.158. The van der Waals surface area contributed by atoms with Crippen LogP contribution in [0.25, 0.3) is 21.3 Å². The summed E-state index contributed by atoms with van der Waals surface area (Å²) in [6, 6.07) is 18.2. The normalized spacial score (nSPS) is 10.4. The number of thiazole rings is 1. The van der Waals surface area contributed by atoms with Gasteiger partial charge in [0.2, 0.25) is 0 Å². The molecule has 0 aliphatic rings. The number of nitrogens with one attached hydrogen (secondary N) is 2. The molecule has 0 bridgehead atoms. The summed E-state index contributed by atoms with van der Waals surface area (Å²) in [4.78, 5) is 4.53. The summed E-state index contributed by atoms with van der Waals surface area (Å²) >= 11 is 1.52. The van der Waals surface area contributed by atoms with Crippen molar-refractivity contribution >= 4 is 33.3 Å². The number of aromatic nitrogens is 1. The van der Waals surface area contributed by atoms with Gasteiger partial charge in [-0.2, -0.15) is 5.26 Å². The Balaban J connectivity index is 1.72. The highest BCUT2D eigenvalue weighted by atomic mass is 32.1. The summed E-state index contributed by atoms with van der Waals surface area (Å²) in [5.74, 6) is -0.0793. The summed E-state index contributed by atoms with van der Waals surface area (Å²) in [6.07, 6.45) is 0.684. The topological polar surface area (TPSA) is 93.6 Å². The van der Waals surface area contributed by atoms with Crippen molar-refractivity contribution in [1.29, 1.82) is 16.1 Å². The lowest BCUT2D eigenvalue weighted by Gasteiger charge is -2.04. The third-order valence-electron chi connectivity index (χ3n) is 3.56. The lowest BCUT2D eigenvalue weighted by molar-refractivity contribution is 0.503. The van der Waals surface area contributed by atoms with Crippen LogP contribution < -0.4 is 0 Å². The van der Waals surface area contributed by atoms with Gasteiger partial charge in [-0.3, -0.25) is 10.8 Å². The fourth-order valence-electron chi connectivity index (χ4n) is 2.40. The maximum atomic E-state index is 8.51. The lowest BCUT2D eigenvalue weighted by Crippen LogP contribution is -2.12. The van der Waals surface area contributed by atoms with Crippen LogP contribution in [0.4, 0.5) is 0 Å². The number of rotatable bonds is 5. The van der Waals surface area contributed by atoms with E-state index in [1.165, 1.54) is 11.3 Å². The molecule has 0 fully saturated rings. The molecular formula is C19H16N4OS. The molecule has 0 saturated heterocycles. The minimum Gasteiger partial charge on any atom is -0.429 e. The summed E-state index contributed by atoms with van der Waals surface area (Å²) in [6.45, 7) is 0. The molecule has 3 aromatic rings. The van der Waals surface area contributed by atoms with Crippen molar-refractivity contribution in [3.63, 3.8) is 0 Å². The molecule has 0 amide bonds. The van der Waals surface area contributed by atoms with Gasteiger partial charge in [-0.15, -0.1) is 11.3 Å². The van der Waals surface area contributed by atoms with Gasteiger partial charge in [0.25, 0.3) is 0 Å². The second kappa shape index (κ2) is 7.69. The predicted octanol–water partition coefficient (Wildman–Crippen LogP) is 4.78. The molecule has 3 rings (SSSR count). The van der Waals surface area contributed by atoms with E-state index >= 15 is 0 Å². The van der Waals surface area contributed by atoms with Crippen LogP contribution in [0.1, 0.15) is 17.8 Å². The fourth-order valence-corrected chi connectivity index (χ4v) is 3.41.